The smallest absolute Gasteiger partial charge is 0.292 e. The number of benzene rings is 2. The predicted molar refractivity (Wildman–Crippen MR) is 122 cm³/mol. The van der Waals surface area contributed by atoms with Gasteiger partial charge in [0.15, 0.2) is 11.6 Å². The first kappa shape index (κ1) is 21.3. The van der Waals surface area contributed by atoms with Gasteiger partial charge >= 0.3 is 0 Å². The number of carbonyl (C=O) groups excluding carboxylic acids is 1. The summed E-state index contributed by atoms with van der Waals surface area (Å²) in [5.74, 6) is 0.770. The second kappa shape index (κ2) is 9.11. The Hall–Kier alpha value is -3.58. The molecule has 2 aromatic carbocycles. The SMILES string of the molecule is O=C(Nc1nn(Cc2ccccc2F)cc1Cl)c1ccc(COc2ccc3c(c2)CCC3)o1. The Morgan fingerprint density at radius 1 is 1.15 bits per heavy atom. The summed E-state index contributed by atoms with van der Waals surface area (Å²) in [6.07, 6.45) is 4.91. The fraction of sp³-hybridized carbons (Fsp3) is 0.200. The summed E-state index contributed by atoms with van der Waals surface area (Å²) < 4.78 is 26.8. The molecule has 4 aromatic rings. The first-order chi connectivity index (χ1) is 16.0. The van der Waals surface area contributed by atoms with Crippen molar-refractivity contribution in [3.05, 3.63) is 99.8 Å². The highest BCUT2D eigenvalue weighted by atomic mass is 35.5. The largest absolute Gasteiger partial charge is 0.486 e. The van der Waals surface area contributed by atoms with E-state index in [-0.39, 0.29) is 35.6 Å². The number of fused-ring (bicyclic) bond motifs is 1. The highest BCUT2D eigenvalue weighted by Crippen LogP contribution is 2.27. The van der Waals surface area contributed by atoms with Crippen LogP contribution in [0.4, 0.5) is 10.2 Å². The highest BCUT2D eigenvalue weighted by Gasteiger charge is 2.17. The minimum absolute atomic E-state index is 0.113. The third-order valence-electron chi connectivity index (χ3n) is 5.58. The van der Waals surface area contributed by atoms with Gasteiger partial charge in [-0.1, -0.05) is 35.9 Å². The van der Waals surface area contributed by atoms with Crippen LogP contribution in [0.25, 0.3) is 0 Å². The van der Waals surface area contributed by atoms with Crippen LogP contribution in [0.15, 0.2) is 65.2 Å². The summed E-state index contributed by atoms with van der Waals surface area (Å²) in [5.41, 5.74) is 3.18. The molecule has 2 heterocycles. The maximum Gasteiger partial charge on any atom is 0.292 e. The average Bonchev–Trinajstić information content (AvgIpc) is 3.54. The van der Waals surface area contributed by atoms with Gasteiger partial charge in [0.25, 0.3) is 5.91 Å². The van der Waals surface area contributed by atoms with E-state index < -0.39 is 5.91 Å². The van der Waals surface area contributed by atoms with E-state index in [1.807, 2.05) is 6.07 Å². The Morgan fingerprint density at radius 2 is 2.00 bits per heavy atom. The number of nitrogens with one attached hydrogen (secondary N) is 1. The number of hydrogen-bond donors (Lipinski definition) is 1. The Morgan fingerprint density at radius 3 is 2.88 bits per heavy atom. The molecule has 1 aliphatic rings. The molecule has 1 amide bonds. The molecule has 5 rings (SSSR count). The molecule has 0 fully saturated rings. The number of aromatic nitrogens is 2. The van der Waals surface area contributed by atoms with Crippen LogP contribution in [0.2, 0.25) is 5.02 Å². The number of hydrogen-bond acceptors (Lipinski definition) is 4. The van der Waals surface area contributed by atoms with E-state index in [0.29, 0.717) is 11.3 Å². The van der Waals surface area contributed by atoms with E-state index in [0.717, 1.165) is 18.6 Å². The van der Waals surface area contributed by atoms with Crippen molar-refractivity contribution in [3.8, 4) is 5.75 Å². The van der Waals surface area contributed by atoms with Crippen molar-refractivity contribution in [2.45, 2.75) is 32.4 Å². The molecule has 8 heteroatoms. The maximum atomic E-state index is 13.9. The van der Waals surface area contributed by atoms with Gasteiger partial charge in [-0.25, -0.2) is 4.39 Å². The van der Waals surface area contributed by atoms with Gasteiger partial charge in [-0.3, -0.25) is 9.48 Å². The molecule has 33 heavy (non-hydrogen) atoms. The Kier molecular flexibility index (Phi) is 5.88. The van der Waals surface area contributed by atoms with Gasteiger partial charge < -0.3 is 14.5 Å². The number of ether oxygens (including phenoxy) is 1. The first-order valence-electron chi connectivity index (χ1n) is 10.7. The quantitative estimate of drug-likeness (QED) is 0.383. The molecular formula is C25H21ClFN3O3. The maximum absolute atomic E-state index is 13.9. The molecule has 0 unspecified atom stereocenters. The van der Waals surface area contributed by atoms with Gasteiger partial charge in [-0.05, 0) is 60.7 Å². The van der Waals surface area contributed by atoms with Crippen molar-refractivity contribution in [1.82, 2.24) is 9.78 Å². The van der Waals surface area contributed by atoms with Crippen LogP contribution in [0.3, 0.4) is 0 Å². The van der Waals surface area contributed by atoms with E-state index in [1.165, 1.54) is 34.5 Å². The molecule has 0 saturated heterocycles. The lowest BCUT2D eigenvalue weighted by Gasteiger charge is -2.06. The molecule has 0 saturated carbocycles. The average molecular weight is 466 g/mol. The summed E-state index contributed by atoms with van der Waals surface area (Å²) in [6, 6.07) is 15.8. The van der Waals surface area contributed by atoms with Crippen LogP contribution < -0.4 is 10.1 Å². The number of rotatable bonds is 7. The van der Waals surface area contributed by atoms with Crippen LogP contribution >= 0.6 is 11.6 Å². The number of nitrogens with zero attached hydrogens (tertiary/aromatic N) is 2. The van der Waals surface area contributed by atoms with Crippen LogP contribution in [0, 0.1) is 5.82 Å². The molecule has 168 valence electrons. The molecule has 0 atom stereocenters. The second-order valence-corrected chi connectivity index (χ2v) is 8.31. The zero-order chi connectivity index (χ0) is 22.8. The second-order valence-electron chi connectivity index (χ2n) is 7.91. The minimum atomic E-state index is -0.489. The molecule has 1 N–H and O–H groups in total. The first-order valence-corrected chi connectivity index (χ1v) is 11.0. The number of furan rings is 1. The third-order valence-corrected chi connectivity index (χ3v) is 5.85. The molecule has 1 aliphatic carbocycles. The van der Waals surface area contributed by atoms with E-state index in [4.69, 9.17) is 20.8 Å². The summed E-state index contributed by atoms with van der Waals surface area (Å²) in [7, 11) is 0. The van der Waals surface area contributed by atoms with E-state index in [1.54, 1.807) is 30.3 Å². The molecule has 2 aromatic heterocycles. The number of halogens is 2. The summed E-state index contributed by atoms with van der Waals surface area (Å²) >= 11 is 6.20. The Bertz CT molecular complexity index is 1310. The molecule has 0 bridgehead atoms. The lowest BCUT2D eigenvalue weighted by Crippen LogP contribution is -2.12. The number of anilines is 1. The summed E-state index contributed by atoms with van der Waals surface area (Å²) in [5, 5.41) is 7.12. The summed E-state index contributed by atoms with van der Waals surface area (Å²) in [4.78, 5) is 12.6. The number of aryl methyl sites for hydroxylation is 2. The van der Waals surface area contributed by atoms with Gasteiger partial charge in [0.1, 0.15) is 29.0 Å². The molecule has 6 nitrogen and oxygen atoms in total. The number of carbonyl (C=O) groups is 1. The zero-order valence-corrected chi connectivity index (χ0v) is 18.4. The molecular weight excluding hydrogens is 445 g/mol. The Labute approximate surface area is 194 Å². The molecule has 0 spiro atoms. The predicted octanol–water partition coefficient (Wildman–Crippen LogP) is 5.64. The zero-order valence-electron chi connectivity index (χ0n) is 17.7. The van der Waals surface area contributed by atoms with Gasteiger partial charge in [-0.15, -0.1) is 0 Å². The van der Waals surface area contributed by atoms with Crippen molar-refractivity contribution in [1.29, 1.82) is 0 Å². The third kappa shape index (κ3) is 4.78. The van der Waals surface area contributed by atoms with Crippen molar-refractivity contribution >= 4 is 23.3 Å². The van der Waals surface area contributed by atoms with Crippen LogP contribution in [-0.4, -0.2) is 15.7 Å². The normalized spacial score (nSPS) is 12.5. The summed E-state index contributed by atoms with van der Waals surface area (Å²) in [6.45, 7) is 0.400. The van der Waals surface area contributed by atoms with E-state index in [9.17, 15) is 9.18 Å². The van der Waals surface area contributed by atoms with E-state index >= 15 is 0 Å². The van der Waals surface area contributed by atoms with Crippen molar-refractivity contribution in [2.75, 3.05) is 5.32 Å². The monoisotopic (exact) mass is 465 g/mol. The lowest BCUT2D eigenvalue weighted by molar-refractivity contribution is 0.0992. The topological polar surface area (TPSA) is 69.3 Å². The van der Waals surface area contributed by atoms with Crippen molar-refractivity contribution < 1.29 is 18.3 Å². The van der Waals surface area contributed by atoms with Gasteiger partial charge in [0, 0.05) is 11.8 Å². The van der Waals surface area contributed by atoms with Crippen LogP contribution in [-0.2, 0) is 26.0 Å². The van der Waals surface area contributed by atoms with E-state index in [2.05, 4.69) is 22.5 Å². The van der Waals surface area contributed by atoms with Gasteiger partial charge in [-0.2, -0.15) is 5.10 Å². The lowest BCUT2D eigenvalue weighted by atomic mass is 10.1. The van der Waals surface area contributed by atoms with Gasteiger partial charge in [0.2, 0.25) is 0 Å². The fourth-order valence-corrected chi connectivity index (χ4v) is 4.10. The standard InChI is InChI=1S/C25H21ClFN3O3/c26-21-14-30(13-18-4-1-2-7-22(18)27)29-24(21)28-25(31)23-11-10-20(33-23)15-32-19-9-8-16-5-3-6-17(16)12-19/h1-2,4,7-12,14H,3,5-6,13,15H2,(H,28,29,31). The molecule has 0 radical (unpaired) electrons. The van der Waals surface area contributed by atoms with Crippen LogP contribution in [0.5, 0.6) is 5.75 Å². The van der Waals surface area contributed by atoms with Gasteiger partial charge in [0.05, 0.1) is 6.54 Å². The molecule has 0 aliphatic heterocycles. The van der Waals surface area contributed by atoms with Crippen LogP contribution in [0.1, 0.15) is 39.4 Å². The number of amides is 1. The fourth-order valence-electron chi connectivity index (χ4n) is 3.90. The highest BCUT2D eigenvalue weighted by molar-refractivity contribution is 6.33. The minimum Gasteiger partial charge on any atom is -0.486 e. The van der Waals surface area contributed by atoms with Crippen molar-refractivity contribution in [2.24, 2.45) is 0 Å². The van der Waals surface area contributed by atoms with Crippen molar-refractivity contribution in [3.63, 3.8) is 0 Å². The Balaban J connectivity index is 1.20.